The van der Waals surface area contributed by atoms with E-state index in [9.17, 15) is 13.2 Å². The molecule has 0 fully saturated rings. The van der Waals surface area contributed by atoms with E-state index in [2.05, 4.69) is 0 Å². The molecule has 0 saturated heterocycles. The van der Waals surface area contributed by atoms with Crippen LogP contribution in [0.1, 0.15) is 36.9 Å². The molecule has 0 saturated carbocycles. The molecule has 166 valence electrons. The van der Waals surface area contributed by atoms with E-state index in [-0.39, 0.29) is 23.0 Å². The van der Waals surface area contributed by atoms with E-state index in [1.165, 1.54) is 38.4 Å². The molecule has 0 aliphatic carbocycles. The van der Waals surface area contributed by atoms with Gasteiger partial charge in [0.25, 0.3) is 10.0 Å². The van der Waals surface area contributed by atoms with Gasteiger partial charge in [0.1, 0.15) is 12.4 Å². The van der Waals surface area contributed by atoms with Crippen LogP contribution in [-0.2, 0) is 21.4 Å². The molecular weight excluding hydrogens is 414 g/mol. The van der Waals surface area contributed by atoms with Crippen molar-refractivity contribution in [2.75, 3.05) is 33.9 Å². The van der Waals surface area contributed by atoms with Crippen LogP contribution in [0.3, 0.4) is 0 Å². The Morgan fingerprint density at radius 3 is 2.03 bits per heavy atom. The normalized spacial score (nSPS) is 11.4. The number of hydrogen-bond acceptors (Lipinski definition) is 8. The molecule has 0 atom stereocenters. The maximum Gasteiger partial charge on any atom is 0.338 e. The standard InChI is InChI=1S/C20H27NO8S/c1-6-25-16-11-14(12-17(26-7-2)19(16)27-8-3)20(22)28-13-15-9-10-18(29-15)30(23,24)21(4)5/h9-12H,6-8,13H2,1-5H3. The molecule has 0 spiro atoms. The highest BCUT2D eigenvalue weighted by molar-refractivity contribution is 7.88. The smallest absolute Gasteiger partial charge is 0.338 e. The number of carbonyl (C=O) groups excluding carboxylic acids is 1. The first-order chi connectivity index (χ1) is 14.2. The van der Waals surface area contributed by atoms with Gasteiger partial charge in [0.2, 0.25) is 10.8 Å². The number of rotatable bonds is 11. The lowest BCUT2D eigenvalue weighted by Gasteiger charge is -2.16. The van der Waals surface area contributed by atoms with Crippen molar-refractivity contribution in [2.45, 2.75) is 32.5 Å². The minimum absolute atomic E-state index is 0.199. The summed E-state index contributed by atoms with van der Waals surface area (Å²) in [5, 5.41) is -0.225. The van der Waals surface area contributed by atoms with E-state index >= 15 is 0 Å². The van der Waals surface area contributed by atoms with Gasteiger partial charge in [-0.1, -0.05) is 0 Å². The predicted molar refractivity (Wildman–Crippen MR) is 109 cm³/mol. The molecule has 0 unspecified atom stereocenters. The highest BCUT2D eigenvalue weighted by Crippen LogP contribution is 2.39. The van der Waals surface area contributed by atoms with Crippen LogP contribution in [0.25, 0.3) is 0 Å². The van der Waals surface area contributed by atoms with Gasteiger partial charge in [-0.05, 0) is 45.0 Å². The molecule has 0 radical (unpaired) electrons. The Morgan fingerprint density at radius 2 is 1.53 bits per heavy atom. The van der Waals surface area contributed by atoms with Crippen LogP contribution in [0.15, 0.2) is 33.8 Å². The second-order valence-electron chi connectivity index (χ2n) is 6.18. The lowest BCUT2D eigenvalue weighted by molar-refractivity contribution is 0.0439. The molecule has 10 heteroatoms. The first-order valence-electron chi connectivity index (χ1n) is 9.49. The van der Waals surface area contributed by atoms with E-state index in [0.717, 1.165) is 4.31 Å². The van der Waals surface area contributed by atoms with Gasteiger partial charge in [0.05, 0.1) is 25.4 Å². The van der Waals surface area contributed by atoms with Gasteiger partial charge in [0.15, 0.2) is 11.5 Å². The van der Waals surface area contributed by atoms with E-state index in [0.29, 0.717) is 37.1 Å². The lowest BCUT2D eigenvalue weighted by Crippen LogP contribution is -2.21. The number of carbonyl (C=O) groups is 1. The zero-order valence-electron chi connectivity index (χ0n) is 17.8. The minimum atomic E-state index is -3.70. The Bertz CT molecular complexity index is 938. The minimum Gasteiger partial charge on any atom is -0.490 e. The third-order valence-electron chi connectivity index (χ3n) is 3.86. The van der Waals surface area contributed by atoms with Crippen LogP contribution in [0.5, 0.6) is 17.2 Å². The molecule has 1 aromatic carbocycles. The largest absolute Gasteiger partial charge is 0.490 e. The van der Waals surface area contributed by atoms with E-state index in [4.69, 9.17) is 23.4 Å². The fraction of sp³-hybridized carbons (Fsp3) is 0.450. The average molecular weight is 442 g/mol. The molecule has 0 bridgehead atoms. The molecule has 1 heterocycles. The second kappa shape index (κ2) is 10.4. The summed E-state index contributed by atoms with van der Waals surface area (Å²) in [6, 6.07) is 5.79. The topological polar surface area (TPSA) is 105 Å². The van der Waals surface area contributed by atoms with Crippen LogP contribution in [0.4, 0.5) is 0 Å². The molecule has 0 amide bonds. The Hall–Kier alpha value is -2.72. The molecule has 0 aliphatic rings. The SMILES string of the molecule is CCOc1cc(C(=O)OCc2ccc(S(=O)(=O)N(C)C)o2)cc(OCC)c1OCC. The van der Waals surface area contributed by atoms with E-state index in [1.54, 1.807) is 0 Å². The highest BCUT2D eigenvalue weighted by atomic mass is 32.2. The third-order valence-corrected chi connectivity index (χ3v) is 5.55. The number of benzene rings is 1. The number of esters is 1. The molecule has 30 heavy (non-hydrogen) atoms. The predicted octanol–water partition coefficient (Wildman–Crippen LogP) is 3.08. The Balaban J connectivity index is 2.21. The summed E-state index contributed by atoms with van der Waals surface area (Å²) >= 11 is 0. The molecule has 9 nitrogen and oxygen atoms in total. The summed E-state index contributed by atoms with van der Waals surface area (Å²) in [4.78, 5) is 12.6. The van der Waals surface area contributed by atoms with Gasteiger partial charge in [-0.25, -0.2) is 17.5 Å². The van der Waals surface area contributed by atoms with Crippen molar-refractivity contribution in [3.63, 3.8) is 0 Å². The van der Waals surface area contributed by atoms with Gasteiger partial charge >= 0.3 is 5.97 Å². The van der Waals surface area contributed by atoms with Gasteiger partial charge in [-0.15, -0.1) is 0 Å². The Kier molecular flexibility index (Phi) is 8.13. The average Bonchev–Trinajstić information content (AvgIpc) is 3.18. The van der Waals surface area contributed by atoms with Crippen LogP contribution < -0.4 is 14.2 Å². The highest BCUT2D eigenvalue weighted by Gasteiger charge is 2.23. The monoisotopic (exact) mass is 441 g/mol. The number of sulfonamides is 1. The summed E-state index contributed by atoms with van der Waals surface area (Å²) in [5.41, 5.74) is 0.207. The molecule has 1 aromatic heterocycles. The first kappa shape index (κ1) is 23.6. The summed E-state index contributed by atoms with van der Waals surface area (Å²) in [6.07, 6.45) is 0. The summed E-state index contributed by atoms with van der Waals surface area (Å²) in [6.45, 7) is 6.39. The quantitative estimate of drug-likeness (QED) is 0.490. The van der Waals surface area contributed by atoms with Crippen molar-refractivity contribution >= 4 is 16.0 Å². The van der Waals surface area contributed by atoms with Crippen LogP contribution in [0, 0.1) is 0 Å². The fourth-order valence-electron chi connectivity index (χ4n) is 2.48. The van der Waals surface area contributed by atoms with Crippen LogP contribution in [-0.4, -0.2) is 52.6 Å². The van der Waals surface area contributed by atoms with Gasteiger partial charge in [-0.2, -0.15) is 0 Å². The van der Waals surface area contributed by atoms with Crippen molar-refractivity contribution in [2.24, 2.45) is 0 Å². The zero-order chi connectivity index (χ0) is 22.3. The van der Waals surface area contributed by atoms with Crippen LogP contribution in [0.2, 0.25) is 0 Å². The Labute approximate surface area is 176 Å². The zero-order valence-corrected chi connectivity index (χ0v) is 18.6. The third kappa shape index (κ3) is 5.45. The van der Waals surface area contributed by atoms with Gasteiger partial charge < -0.3 is 23.4 Å². The maximum absolute atomic E-state index is 12.6. The van der Waals surface area contributed by atoms with E-state index in [1.807, 2.05) is 20.8 Å². The van der Waals surface area contributed by atoms with Crippen molar-refractivity contribution < 1.29 is 36.6 Å². The van der Waals surface area contributed by atoms with Crippen molar-refractivity contribution in [1.29, 1.82) is 0 Å². The summed E-state index contributed by atoms with van der Waals surface area (Å²) in [7, 11) is -0.905. The molecule has 2 rings (SSSR count). The molecule has 2 aromatic rings. The van der Waals surface area contributed by atoms with Crippen LogP contribution >= 0.6 is 0 Å². The fourth-order valence-corrected chi connectivity index (χ4v) is 3.29. The Morgan fingerprint density at radius 1 is 0.967 bits per heavy atom. The summed E-state index contributed by atoms with van der Waals surface area (Å²) < 4.78 is 52.5. The van der Waals surface area contributed by atoms with Crippen molar-refractivity contribution in [3.8, 4) is 17.2 Å². The van der Waals surface area contributed by atoms with Gasteiger partial charge in [-0.3, -0.25) is 0 Å². The number of ether oxygens (including phenoxy) is 4. The molecular formula is C20H27NO8S. The molecule has 0 aliphatic heterocycles. The number of furan rings is 1. The maximum atomic E-state index is 12.6. The number of hydrogen-bond donors (Lipinski definition) is 0. The van der Waals surface area contributed by atoms with Crippen molar-refractivity contribution in [3.05, 3.63) is 35.6 Å². The summed E-state index contributed by atoms with van der Waals surface area (Å²) in [5.74, 6) is 0.713. The molecule has 0 N–H and O–H groups in total. The van der Waals surface area contributed by atoms with Gasteiger partial charge in [0, 0.05) is 14.1 Å². The van der Waals surface area contributed by atoms with Crippen molar-refractivity contribution in [1.82, 2.24) is 4.31 Å². The van der Waals surface area contributed by atoms with E-state index < -0.39 is 16.0 Å². The first-order valence-corrected chi connectivity index (χ1v) is 10.9. The second-order valence-corrected chi connectivity index (χ2v) is 8.27. The number of nitrogens with zero attached hydrogens (tertiary/aromatic N) is 1. The lowest BCUT2D eigenvalue weighted by atomic mass is 10.2.